The summed E-state index contributed by atoms with van der Waals surface area (Å²) in [6, 6.07) is 2.32. The summed E-state index contributed by atoms with van der Waals surface area (Å²) in [7, 11) is 1.77. The van der Waals surface area contributed by atoms with Crippen molar-refractivity contribution in [1.82, 2.24) is 10.2 Å². The molecule has 1 aliphatic heterocycles. The Morgan fingerprint density at radius 2 is 2.44 bits per heavy atom. The van der Waals surface area contributed by atoms with Crippen LogP contribution in [0.25, 0.3) is 0 Å². The summed E-state index contributed by atoms with van der Waals surface area (Å²) in [4.78, 5) is 2.38. The molecule has 1 rings (SSSR count). The number of nitriles is 1. The van der Waals surface area contributed by atoms with Gasteiger partial charge in [-0.1, -0.05) is 6.92 Å². The van der Waals surface area contributed by atoms with Gasteiger partial charge in [0.05, 0.1) is 18.2 Å². The molecule has 2 atom stereocenters. The molecule has 4 heteroatoms. The molecule has 0 aliphatic carbocycles. The molecule has 16 heavy (non-hydrogen) atoms. The van der Waals surface area contributed by atoms with Crippen LogP contribution in [0, 0.1) is 11.3 Å². The molecule has 0 aromatic carbocycles. The summed E-state index contributed by atoms with van der Waals surface area (Å²) in [5.74, 6) is 0. The van der Waals surface area contributed by atoms with Crippen molar-refractivity contribution < 1.29 is 4.74 Å². The quantitative estimate of drug-likeness (QED) is 0.702. The highest BCUT2D eigenvalue weighted by molar-refractivity contribution is 4.90. The summed E-state index contributed by atoms with van der Waals surface area (Å²) in [5.41, 5.74) is 0. The molecule has 1 N–H and O–H groups in total. The highest BCUT2D eigenvalue weighted by atomic mass is 16.5. The van der Waals surface area contributed by atoms with Gasteiger partial charge in [-0.2, -0.15) is 5.26 Å². The number of nitrogens with one attached hydrogen (secondary N) is 1. The summed E-state index contributed by atoms with van der Waals surface area (Å²) in [6.07, 6.45) is 3.50. The standard InChI is InChI=1S/C12H23N3O/c1-3-6-14-11(9-13)4-7-15-8-5-12(10-15)16-2/h11-12,14H,3-8,10H2,1-2H3. The minimum atomic E-state index is 0.00143. The molecule has 1 heterocycles. The minimum absolute atomic E-state index is 0.00143. The van der Waals surface area contributed by atoms with E-state index in [1.807, 2.05) is 0 Å². The van der Waals surface area contributed by atoms with Crippen LogP contribution in [-0.4, -0.2) is 50.3 Å². The Labute approximate surface area is 98.6 Å². The van der Waals surface area contributed by atoms with E-state index in [1.54, 1.807) is 7.11 Å². The maximum absolute atomic E-state index is 8.97. The molecule has 0 bridgehead atoms. The Bertz CT molecular complexity index is 227. The van der Waals surface area contributed by atoms with Crippen LogP contribution < -0.4 is 5.32 Å². The van der Waals surface area contributed by atoms with Crippen LogP contribution in [0.4, 0.5) is 0 Å². The summed E-state index contributed by atoms with van der Waals surface area (Å²) >= 11 is 0. The first-order valence-corrected chi connectivity index (χ1v) is 6.18. The van der Waals surface area contributed by atoms with Gasteiger partial charge in [-0.05, 0) is 25.8 Å². The number of ether oxygens (including phenoxy) is 1. The molecule has 2 unspecified atom stereocenters. The van der Waals surface area contributed by atoms with Crippen molar-refractivity contribution in [2.45, 2.75) is 38.3 Å². The van der Waals surface area contributed by atoms with Gasteiger partial charge in [0, 0.05) is 26.7 Å². The molecule has 0 radical (unpaired) electrons. The predicted molar refractivity (Wildman–Crippen MR) is 64.2 cm³/mol. The normalized spacial score (nSPS) is 23.2. The lowest BCUT2D eigenvalue weighted by Gasteiger charge is -2.18. The van der Waals surface area contributed by atoms with E-state index in [0.717, 1.165) is 45.4 Å². The van der Waals surface area contributed by atoms with Gasteiger partial charge >= 0.3 is 0 Å². The Morgan fingerprint density at radius 3 is 3.00 bits per heavy atom. The van der Waals surface area contributed by atoms with Gasteiger partial charge in [-0.25, -0.2) is 0 Å². The van der Waals surface area contributed by atoms with Gasteiger partial charge < -0.3 is 15.0 Å². The molecule has 0 amide bonds. The number of likely N-dealkylation sites (tertiary alicyclic amines) is 1. The predicted octanol–water partition coefficient (Wildman–Crippen LogP) is 0.989. The van der Waals surface area contributed by atoms with Crippen molar-refractivity contribution in [2.75, 3.05) is 33.3 Å². The number of rotatable bonds is 7. The average Bonchev–Trinajstić information content (AvgIpc) is 2.77. The van der Waals surface area contributed by atoms with Crippen LogP contribution >= 0.6 is 0 Å². The van der Waals surface area contributed by atoms with Crippen molar-refractivity contribution in [3.63, 3.8) is 0 Å². The van der Waals surface area contributed by atoms with E-state index >= 15 is 0 Å². The Hall–Kier alpha value is -0.630. The van der Waals surface area contributed by atoms with E-state index in [9.17, 15) is 0 Å². The summed E-state index contributed by atoms with van der Waals surface area (Å²) in [6.45, 7) is 6.16. The van der Waals surface area contributed by atoms with E-state index in [1.165, 1.54) is 0 Å². The van der Waals surface area contributed by atoms with E-state index < -0.39 is 0 Å². The minimum Gasteiger partial charge on any atom is -0.380 e. The lowest BCUT2D eigenvalue weighted by molar-refractivity contribution is 0.108. The third-order valence-electron chi connectivity index (χ3n) is 3.09. The van der Waals surface area contributed by atoms with E-state index in [2.05, 4.69) is 23.2 Å². The largest absolute Gasteiger partial charge is 0.380 e. The number of methoxy groups -OCH3 is 1. The van der Waals surface area contributed by atoms with Crippen LogP contribution in [0.2, 0.25) is 0 Å². The molecule has 4 nitrogen and oxygen atoms in total. The molecule has 1 fully saturated rings. The van der Waals surface area contributed by atoms with E-state index in [-0.39, 0.29) is 6.04 Å². The Kier molecular flexibility index (Phi) is 6.39. The monoisotopic (exact) mass is 225 g/mol. The lowest BCUT2D eigenvalue weighted by Crippen LogP contribution is -2.33. The first-order valence-electron chi connectivity index (χ1n) is 6.18. The van der Waals surface area contributed by atoms with Gasteiger partial charge in [0.15, 0.2) is 0 Å². The molecule has 0 aromatic heterocycles. The Balaban J connectivity index is 2.16. The maximum Gasteiger partial charge on any atom is 0.0965 e. The first-order chi connectivity index (χ1) is 7.80. The van der Waals surface area contributed by atoms with Crippen molar-refractivity contribution in [2.24, 2.45) is 0 Å². The van der Waals surface area contributed by atoms with Crippen LogP contribution in [-0.2, 0) is 4.74 Å². The molecule has 0 saturated carbocycles. The van der Waals surface area contributed by atoms with Gasteiger partial charge in [-0.15, -0.1) is 0 Å². The topological polar surface area (TPSA) is 48.3 Å². The molecular formula is C12H23N3O. The van der Waals surface area contributed by atoms with Crippen LogP contribution in [0.3, 0.4) is 0 Å². The van der Waals surface area contributed by atoms with Crippen molar-refractivity contribution in [3.8, 4) is 6.07 Å². The van der Waals surface area contributed by atoms with Gasteiger partial charge in [-0.3, -0.25) is 0 Å². The highest BCUT2D eigenvalue weighted by Crippen LogP contribution is 2.12. The molecule has 0 aromatic rings. The maximum atomic E-state index is 8.97. The van der Waals surface area contributed by atoms with Gasteiger partial charge in [0.2, 0.25) is 0 Å². The third kappa shape index (κ3) is 4.48. The second-order valence-corrected chi connectivity index (χ2v) is 4.37. The van der Waals surface area contributed by atoms with Gasteiger partial charge in [0.25, 0.3) is 0 Å². The molecule has 1 saturated heterocycles. The SMILES string of the molecule is CCCNC(C#N)CCN1CCC(OC)C1. The smallest absolute Gasteiger partial charge is 0.0965 e. The van der Waals surface area contributed by atoms with Crippen molar-refractivity contribution >= 4 is 0 Å². The lowest BCUT2D eigenvalue weighted by atomic mass is 10.2. The van der Waals surface area contributed by atoms with Crippen LogP contribution in [0.5, 0.6) is 0 Å². The van der Waals surface area contributed by atoms with Crippen LogP contribution in [0.15, 0.2) is 0 Å². The zero-order chi connectivity index (χ0) is 11.8. The first kappa shape index (κ1) is 13.4. The zero-order valence-corrected chi connectivity index (χ0v) is 10.4. The van der Waals surface area contributed by atoms with Gasteiger partial charge in [0.1, 0.15) is 0 Å². The summed E-state index contributed by atoms with van der Waals surface area (Å²) in [5, 5.41) is 12.2. The highest BCUT2D eigenvalue weighted by Gasteiger charge is 2.22. The number of hydrogen-bond acceptors (Lipinski definition) is 4. The fraction of sp³-hybridized carbons (Fsp3) is 0.917. The molecule has 92 valence electrons. The van der Waals surface area contributed by atoms with E-state index in [4.69, 9.17) is 10.00 Å². The summed E-state index contributed by atoms with van der Waals surface area (Å²) < 4.78 is 5.32. The molecular weight excluding hydrogens is 202 g/mol. The average molecular weight is 225 g/mol. The fourth-order valence-corrected chi connectivity index (χ4v) is 2.04. The second kappa shape index (κ2) is 7.61. The molecule has 1 aliphatic rings. The number of hydrogen-bond donors (Lipinski definition) is 1. The Morgan fingerprint density at radius 1 is 1.62 bits per heavy atom. The molecule has 0 spiro atoms. The van der Waals surface area contributed by atoms with E-state index in [0.29, 0.717) is 6.10 Å². The van der Waals surface area contributed by atoms with Crippen LogP contribution in [0.1, 0.15) is 26.2 Å². The second-order valence-electron chi connectivity index (χ2n) is 4.37. The van der Waals surface area contributed by atoms with Crippen molar-refractivity contribution in [1.29, 1.82) is 5.26 Å². The zero-order valence-electron chi connectivity index (χ0n) is 10.4. The third-order valence-corrected chi connectivity index (χ3v) is 3.09. The van der Waals surface area contributed by atoms with Crippen molar-refractivity contribution in [3.05, 3.63) is 0 Å². The number of nitrogens with zero attached hydrogens (tertiary/aromatic N) is 2. The fourth-order valence-electron chi connectivity index (χ4n) is 2.04.